The number of aliphatic hydroxyl groups excluding tert-OH is 10. The Balaban J connectivity index is 1.42. The van der Waals surface area contributed by atoms with Gasteiger partial charge in [0.2, 0.25) is 6.29 Å². The van der Waals surface area contributed by atoms with Crippen molar-refractivity contribution in [3.63, 3.8) is 0 Å². The lowest BCUT2D eigenvalue weighted by Gasteiger charge is -2.48. The van der Waals surface area contributed by atoms with Crippen LogP contribution < -0.4 is 9.47 Å². The zero-order valence-electron chi connectivity index (χ0n) is 22.4. The third-order valence-electron chi connectivity index (χ3n) is 7.38. The highest BCUT2D eigenvalue weighted by Crippen LogP contribution is 2.33. The van der Waals surface area contributed by atoms with Crippen LogP contribution in [0.1, 0.15) is 0 Å². The summed E-state index contributed by atoms with van der Waals surface area (Å²) in [4.78, 5) is 0. The molecule has 4 rings (SSSR count). The van der Waals surface area contributed by atoms with Gasteiger partial charge < -0.3 is 84.2 Å². The monoisotopic (exact) mass is 610 g/mol. The van der Waals surface area contributed by atoms with Crippen molar-refractivity contribution >= 4 is 0 Å². The van der Waals surface area contributed by atoms with E-state index in [9.17, 15) is 51.1 Å². The maximum absolute atomic E-state index is 10.8. The number of hydrogen-bond acceptors (Lipinski definition) is 17. The van der Waals surface area contributed by atoms with Crippen LogP contribution in [0, 0.1) is 0 Å². The van der Waals surface area contributed by atoms with E-state index in [1.54, 1.807) is 12.1 Å². The molecule has 0 spiro atoms. The van der Waals surface area contributed by atoms with Gasteiger partial charge in [0.05, 0.1) is 26.9 Å². The highest BCUT2D eigenvalue weighted by atomic mass is 16.8. The Kier molecular flexibility index (Phi) is 11.3. The Morgan fingerprint density at radius 1 is 0.524 bits per heavy atom. The molecule has 3 aliphatic heterocycles. The van der Waals surface area contributed by atoms with E-state index >= 15 is 0 Å². The van der Waals surface area contributed by atoms with Crippen LogP contribution in [0.5, 0.6) is 11.5 Å². The fraction of sp³-hybridized carbons (Fsp3) is 0.760. The van der Waals surface area contributed by atoms with Crippen LogP contribution in [0.3, 0.4) is 0 Å². The van der Waals surface area contributed by atoms with Crippen LogP contribution in [-0.4, -0.2) is 170 Å². The molecule has 1 aromatic rings. The van der Waals surface area contributed by atoms with Crippen molar-refractivity contribution in [1.82, 2.24) is 0 Å². The van der Waals surface area contributed by atoms with Crippen molar-refractivity contribution in [3.8, 4) is 11.5 Å². The zero-order chi connectivity index (χ0) is 30.7. The molecule has 0 aliphatic carbocycles. The average Bonchev–Trinajstić information content (AvgIpc) is 3.00. The Hall–Kier alpha value is -1.78. The molecule has 0 unspecified atom stereocenters. The van der Waals surface area contributed by atoms with Crippen molar-refractivity contribution in [2.45, 2.75) is 92.1 Å². The number of ether oxygens (including phenoxy) is 7. The van der Waals surface area contributed by atoms with Crippen LogP contribution >= 0.6 is 0 Å². The smallest absolute Gasteiger partial charge is 0.229 e. The molecule has 0 aromatic heterocycles. The van der Waals surface area contributed by atoms with E-state index in [-0.39, 0.29) is 5.75 Å². The van der Waals surface area contributed by atoms with Gasteiger partial charge in [-0.2, -0.15) is 0 Å². The molecular weight excluding hydrogens is 572 g/mol. The second-order valence-corrected chi connectivity index (χ2v) is 10.1. The van der Waals surface area contributed by atoms with E-state index in [0.29, 0.717) is 5.75 Å². The van der Waals surface area contributed by atoms with E-state index < -0.39 is 112 Å². The van der Waals surface area contributed by atoms with E-state index in [1.807, 2.05) is 0 Å². The van der Waals surface area contributed by atoms with Crippen molar-refractivity contribution in [2.75, 3.05) is 26.9 Å². The number of methoxy groups -OCH3 is 1. The summed E-state index contributed by atoms with van der Waals surface area (Å²) in [5.41, 5.74) is 0. The molecule has 3 fully saturated rings. The summed E-state index contributed by atoms with van der Waals surface area (Å²) >= 11 is 0. The van der Waals surface area contributed by atoms with Gasteiger partial charge in [-0.15, -0.1) is 0 Å². The summed E-state index contributed by atoms with van der Waals surface area (Å²) in [6.07, 6.45) is -24.6. The summed E-state index contributed by atoms with van der Waals surface area (Å²) in [5.74, 6) is 0.804. The highest BCUT2D eigenvalue weighted by Gasteiger charge is 2.53. The van der Waals surface area contributed by atoms with Crippen molar-refractivity contribution in [3.05, 3.63) is 24.3 Å². The molecule has 3 heterocycles. The Bertz CT molecular complexity index is 963. The summed E-state index contributed by atoms with van der Waals surface area (Å²) in [6.45, 7) is -2.29. The van der Waals surface area contributed by atoms with Gasteiger partial charge in [0.1, 0.15) is 84.7 Å². The number of rotatable bonds is 10. The maximum atomic E-state index is 10.8. The largest absolute Gasteiger partial charge is 0.497 e. The molecule has 42 heavy (non-hydrogen) atoms. The van der Waals surface area contributed by atoms with Gasteiger partial charge in [0, 0.05) is 0 Å². The van der Waals surface area contributed by atoms with Gasteiger partial charge in [0.15, 0.2) is 12.6 Å². The van der Waals surface area contributed by atoms with Crippen molar-refractivity contribution in [1.29, 1.82) is 0 Å². The van der Waals surface area contributed by atoms with Gasteiger partial charge in [-0.05, 0) is 24.3 Å². The molecule has 1 aromatic carbocycles. The van der Waals surface area contributed by atoms with Gasteiger partial charge in [0.25, 0.3) is 0 Å². The van der Waals surface area contributed by atoms with Gasteiger partial charge in [-0.25, -0.2) is 0 Å². The minimum Gasteiger partial charge on any atom is -0.497 e. The van der Waals surface area contributed by atoms with Crippen molar-refractivity contribution in [2.24, 2.45) is 0 Å². The molecule has 10 N–H and O–H groups in total. The predicted molar refractivity (Wildman–Crippen MR) is 133 cm³/mol. The fourth-order valence-corrected chi connectivity index (χ4v) is 4.93. The molecular formula is C25H38O17. The molecule has 0 saturated carbocycles. The first-order valence-electron chi connectivity index (χ1n) is 13.2. The highest BCUT2D eigenvalue weighted by molar-refractivity contribution is 5.31. The summed E-state index contributed by atoms with van der Waals surface area (Å²) in [5, 5.41) is 102. The molecule has 17 heteroatoms. The lowest BCUT2D eigenvalue weighted by Crippen LogP contribution is -2.66. The molecule has 17 nitrogen and oxygen atoms in total. The fourth-order valence-electron chi connectivity index (χ4n) is 4.93. The second kappa shape index (κ2) is 14.3. The normalized spacial score (nSPS) is 44.5. The van der Waals surface area contributed by atoms with E-state index in [1.165, 1.54) is 19.2 Å². The Labute approximate surface area is 239 Å². The van der Waals surface area contributed by atoms with Crippen LogP contribution in [-0.2, 0) is 23.7 Å². The van der Waals surface area contributed by atoms with Gasteiger partial charge in [-0.3, -0.25) is 0 Å². The van der Waals surface area contributed by atoms with E-state index in [4.69, 9.17) is 33.2 Å². The van der Waals surface area contributed by atoms with Crippen LogP contribution in [0.15, 0.2) is 24.3 Å². The SMILES string of the molecule is COc1ccc(O[C@@H]2O[C@@H](CO)[C@@H](O[C@@H]3O[C@@H](CO)[C@H](O[C@H]4O[C@@H](CO)[C@H](O)[C@H](O)[C@@H]4O)[C@H](O)[C@@H]3O)[C@H](O)[C@@H]2O)cc1. The molecule has 3 saturated heterocycles. The second-order valence-electron chi connectivity index (χ2n) is 10.1. The first kappa shape index (κ1) is 33.1. The number of aliphatic hydroxyl groups is 10. The number of hydrogen-bond donors (Lipinski definition) is 10. The molecule has 3 aliphatic rings. The summed E-state index contributed by atoms with van der Waals surface area (Å²) < 4.78 is 38.2. The molecule has 240 valence electrons. The van der Waals surface area contributed by atoms with Gasteiger partial charge in [-0.1, -0.05) is 0 Å². The van der Waals surface area contributed by atoms with E-state index in [2.05, 4.69) is 0 Å². The third-order valence-corrected chi connectivity index (χ3v) is 7.38. The van der Waals surface area contributed by atoms with Gasteiger partial charge >= 0.3 is 0 Å². The van der Waals surface area contributed by atoms with E-state index in [0.717, 1.165) is 0 Å². The molecule has 0 amide bonds. The minimum absolute atomic E-state index is 0.258. The topological polar surface area (TPSA) is 267 Å². The lowest BCUT2D eigenvalue weighted by atomic mass is 9.96. The van der Waals surface area contributed by atoms with Crippen molar-refractivity contribution < 1.29 is 84.2 Å². The van der Waals surface area contributed by atoms with Crippen LogP contribution in [0.25, 0.3) is 0 Å². The minimum atomic E-state index is -1.92. The Morgan fingerprint density at radius 2 is 0.929 bits per heavy atom. The standard InChI is InChI=1S/C25H38O17/c1-36-9-2-4-10(5-3-9)37-23-19(34)16(31)21(12(7-27)39-23)42-25-20(35)17(32)22(13(8-28)40-25)41-24-18(33)15(30)14(29)11(6-26)38-24/h2-5,11-35H,6-8H2,1H3/t11-,12-,13-,14-,15-,16+,17+,18-,19-,20-,21+,22-,23+,24+,25-/m0/s1. The Morgan fingerprint density at radius 3 is 1.40 bits per heavy atom. The lowest BCUT2D eigenvalue weighted by molar-refractivity contribution is -0.376. The first-order valence-corrected chi connectivity index (χ1v) is 13.2. The zero-order valence-corrected chi connectivity index (χ0v) is 22.4. The first-order chi connectivity index (χ1) is 20.0. The number of benzene rings is 1. The maximum Gasteiger partial charge on any atom is 0.229 e. The predicted octanol–water partition coefficient (Wildman–Crippen LogP) is -5.48. The quantitative estimate of drug-likeness (QED) is 0.118. The molecule has 15 atom stereocenters. The average molecular weight is 611 g/mol. The van der Waals surface area contributed by atoms with Crippen LogP contribution in [0.4, 0.5) is 0 Å². The molecule has 0 bridgehead atoms. The third kappa shape index (κ3) is 6.80. The summed E-state index contributed by atoms with van der Waals surface area (Å²) in [6, 6.07) is 6.25. The summed E-state index contributed by atoms with van der Waals surface area (Å²) in [7, 11) is 1.48. The van der Waals surface area contributed by atoms with Crippen LogP contribution in [0.2, 0.25) is 0 Å². The molecule has 0 radical (unpaired) electrons.